The van der Waals surface area contributed by atoms with Crippen LogP contribution in [0.1, 0.15) is 27.9 Å². The zero-order valence-electron chi connectivity index (χ0n) is 13.9. The minimum Gasteiger partial charge on any atom is -0.334 e. The van der Waals surface area contributed by atoms with Gasteiger partial charge in [-0.15, -0.1) is 0 Å². The summed E-state index contributed by atoms with van der Waals surface area (Å²) in [5.41, 5.74) is 3.74. The van der Waals surface area contributed by atoms with Gasteiger partial charge >= 0.3 is 0 Å². The summed E-state index contributed by atoms with van der Waals surface area (Å²) in [5, 5.41) is 0. The lowest BCUT2D eigenvalue weighted by Gasteiger charge is -2.29. The molecule has 2 aliphatic rings. The standard InChI is InChI=1S/C19H20N2O3S/c22-19(20-12-10-15-4-1-2-5-17(15)14-20)16-6-8-18(9-7-16)21-11-3-13-25(21,23)24/h1-2,4-9H,3,10-14H2. The molecule has 1 saturated heterocycles. The number of amides is 1. The Balaban J connectivity index is 1.52. The summed E-state index contributed by atoms with van der Waals surface area (Å²) in [6.45, 7) is 1.84. The zero-order valence-corrected chi connectivity index (χ0v) is 14.7. The van der Waals surface area contributed by atoms with Gasteiger partial charge in [-0.2, -0.15) is 0 Å². The van der Waals surface area contributed by atoms with E-state index in [2.05, 4.69) is 12.1 Å². The van der Waals surface area contributed by atoms with Gasteiger partial charge < -0.3 is 4.90 Å². The quantitative estimate of drug-likeness (QED) is 0.830. The largest absolute Gasteiger partial charge is 0.334 e. The Morgan fingerprint density at radius 3 is 2.32 bits per heavy atom. The SMILES string of the molecule is O=C(c1ccc(N2CCCS2(=O)=O)cc1)N1CCc2ccccc2C1. The summed E-state index contributed by atoms with van der Waals surface area (Å²) in [7, 11) is -3.19. The van der Waals surface area contributed by atoms with Crippen molar-refractivity contribution in [2.24, 2.45) is 0 Å². The van der Waals surface area contributed by atoms with Crippen LogP contribution in [0.15, 0.2) is 48.5 Å². The summed E-state index contributed by atoms with van der Waals surface area (Å²) >= 11 is 0. The van der Waals surface area contributed by atoms with Crippen LogP contribution in [0.25, 0.3) is 0 Å². The van der Waals surface area contributed by atoms with Gasteiger partial charge in [-0.25, -0.2) is 8.42 Å². The molecule has 0 radical (unpaired) electrons. The van der Waals surface area contributed by atoms with E-state index < -0.39 is 10.0 Å². The smallest absolute Gasteiger partial charge is 0.254 e. The highest BCUT2D eigenvalue weighted by molar-refractivity contribution is 7.93. The van der Waals surface area contributed by atoms with Crippen molar-refractivity contribution in [3.63, 3.8) is 0 Å². The fourth-order valence-corrected chi connectivity index (χ4v) is 5.12. The van der Waals surface area contributed by atoms with Gasteiger partial charge in [-0.1, -0.05) is 24.3 Å². The van der Waals surface area contributed by atoms with E-state index in [-0.39, 0.29) is 11.7 Å². The molecule has 1 amide bonds. The van der Waals surface area contributed by atoms with Crippen molar-refractivity contribution in [1.82, 2.24) is 4.90 Å². The molecule has 2 heterocycles. The van der Waals surface area contributed by atoms with Crippen LogP contribution in [0.4, 0.5) is 5.69 Å². The topological polar surface area (TPSA) is 57.7 Å². The minimum absolute atomic E-state index is 0.00895. The van der Waals surface area contributed by atoms with E-state index in [4.69, 9.17) is 0 Å². The van der Waals surface area contributed by atoms with Crippen molar-refractivity contribution < 1.29 is 13.2 Å². The van der Waals surface area contributed by atoms with E-state index in [1.165, 1.54) is 15.4 Å². The molecule has 130 valence electrons. The predicted molar refractivity (Wildman–Crippen MR) is 97.1 cm³/mol. The van der Waals surface area contributed by atoms with Gasteiger partial charge in [0.2, 0.25) is 10.0 Å². The van der Waals surface area contributed by atoms with Crippen LogP contribution in [0.3, 0.4) is 0 Å². The maximum absolute atomic E-state index is 12.8. The van der Waals surface area contributed by atoms with Crippen molar-refractivity contribution in [2.45, 2.75) is 19.4 Å². The highest BCUT2D eigenvalue weighted by Gasteiger charge is 2.28. The van der Waals surface area contributed by atoms with Gasteiger partial charge in [0.05, 0.1) is 11.4 Å². The molecule has 0 atom stereocenters. The summed E-state index contributed by atoms with van der Waals surface area (Å²) in [4.78, 5) is 14.6. The van der Waals surface area contributed by atoms with Crippen LogP contribution in [-0.4, -0.2) is 38.1 Å². The van der Waals surface area contributed by atoms with Crippen molar-refractivity contribution in [3.05, 3.63) is 65.2 Å². The van der Waals surface area contributed by atoms with Crippen LogP contribution in [0.2, 0.25) is 0 Å². The number of nitrogens with zero attached hydrogens (tertiary/aromatic N) is 2. The molecule has 0 N–H and O–H groups in total. The van der Waals surface area contributed by atoms with Crippen LogP contribution >= 0.6 is 0 Å². The number of carbonyl (C=O) groups excluding carboxylic acids is 1. The molecule has 0 bridgehead atoms. The average Bonchev–Trinajstić information content (AvgIpc) is 3.00. The zero-order chi connectivity index (χ0) is 17.4. The minimum atomic E-state index is -3.19. The maximum atomic E-state index is 12.8. The molecule has 0 spiro atoms. The third kappa shape index (κ3) is 3.02. The molecule has 2 aliphatic heterocycles. The number of rotatable bonds is 2. The second-order valence-electron chi connectivity index (χ2n) is 6.53. The molecule has 2 aromatic rings. The van der Waals surface area contributed by atoms with Crippen molar-refractivity contribution in [2.75, 3.05) is 23.1 Å². The molecule has 6 heteroatoms. The van der Waals surface area contributed by atoms with Crippen LogP contribution in [-0.2, 0) is 23.0 Å². The van der Waals surface area contributed by atoms with Gasteiger partial charge in [0.1, 0.15) is 0 Å². The van der Waals surface area contributed by atoms with E-state index in [1.54, 1.807) is 24.3 Å². The van der Waals surface area contributed by atoms with Crippen molar-refractivity contribution in [1.29, 1.82) is 0 Å². The lowest BCUT2D eigenvalue weighted by molar-refractivity contribution is 0.0734. The summed E-state index contributed by atoms with van der Waals surface area (Å²) in [6, 6.07) is 15.1. The first kappa shape index (κ1) is 16.1. The molecule has 0 unspecified atom stereocenters. The molecule has 0 aliphatic carbocycles. The van der Waals surface area contributed by atoms with Crippen LogP contribution in [0.5, 0.6) is 0 Å². The number of sulfonamides is 1. The average molecular weight is 356 g/mol. The number of fused-ring (bicyclic) bond motifs is 1. The lowest BCUT2D eigenvalue weighted by Crippen LogP contribution is -2.35. The Hall–Kier alpha value is -2.34. The van der Waals surface area contributed by atoms with E-state index >= 15 is 0 Å². The molecule has 25 heavy (non-hydrogen) atoms. The highest BCUT2D eigenvalue weighted by Crippen LogP contribution is 2.25. The first-order chi connectivity index (χ1) is 12.0. The maximum Gasteiger partial charge on any atom is 0.254 e. The van der Waals surface area contributed by atoms with Crippen LogP contribution < -0.4 is 4.31 Å². The van der Waals surface area contributed by atoms with Gasteiger partial charge in [-0.3, -0.25) is 9.10 Å². The van der Waals surface area contributed by atoms with Gasteiger partial charge in [-0.05, 0) is 48.2 Å². The number of hydrogen-bond donors (Lipinski definition) is 0. The summed E-state index contributed by atoms with van der Waals surface area (Å²) < 4.78 is 25.4. The van der Waals surface area contributed by atoms with Crippen molar-refractivity contribution in [3.8, 4) is 0 Å². The second-order valence-corrected chi connectivity index (χ2v) is 8.55. The third-order valence-corrected chi connectivity index (χ3v) is 6.79. The fourth-order valence-electron chi connectivity index (χ4n) is 3.55. The Kier molecular flexibility index (Phi) is 4.00. The van der Waals surface area contributed by atoms with E-state index in [9.17, 15) is 13.2 Å². The molecular formula is C19H20N2O3S. The monoisotopic (exact) mass is 356 g/mol. The Bertz CT molecular complexity index is 907. The fraction of sp³-hybridized carbons (Fsp3) is 0.316. The summed E-state index contributed by atoms with van der Waals surface area (Å²) in [6.07, 6.45) is 1.52. The van der Waals surface area contributed by atoms with Gasteiger partial charge in [0.25, 0.3) is 5.91 Å². The molecule has 1 fully saturated rings. The first-order valence-electron chi connectivity index (χ1n) is 8.51. The Labute approximate surface area is 147 Å². The molecule has 4 rings (SSSR count). The number of carbonyl (C=O) groups is 1. The van der Waals surface area contributed by atoms with E-state index in [0.717, 1.165) is 6.42 Å². The second kappa shape index (κ2) is 6.19. The van der Waals surface area contributed by atoms with Crippen molar-refractivity contribution >= 4 is 21.6 Å². The Morgan fingerprint density at radius 2 is 1.64 bits per heavy atom. The number of anilines is 1. The van der Waals surface area contributed by atoms with E-state index in [0.29, 0.717) is 37.3 Å². The predicted octanol–water partition coefficient (Wildman–Crippen LogP) is 2.43. The summed E-state index contributed by atoms with van der Waals surface area (Å²) in [5.74, 6) is 0.186. The molecule has 0 aromatic heterocycles. The van der Waals surface area contributed by atoms with E-state index in [1.807, 2.05) is 17.0 Å². The van der Waals surface area contributed by atoms with Crippen LogP contribution in [0, 0.1) is 0 Å². The number of hydrogen-bond acceptors (Lipinski definition) is 3. The Morgan fingerprint density at radius 1 is 0.920 bits per heavy atom. The highest BCUT2D eigenvalue weighted by atomic mass is 32.2. The molecule has 5 nitrogen and oxygen atoms in total. The lowest BCUT2D eigenvalue weighted by atomic mass is 9.99. The first-order valence-corrected chi connectivity index (χ1v) is 10.1. The molecule has 2 aromatic carbocycles. The van der Waals surface area contributed by atoms with Gasteiger partial charge in [0, 0.05) is 25.2 Å². The third-order valence-electron chi connectivity index (χ3n) is 4.92. The molecular weight excluding hydrogens is 336 g/mol. The van der Waals surface area contributed by atoms with Gasteiger partial charge in [0.15, 0.2) is 0 Å². The molecule has 0 saturated carbocycles. The number of benzene rings is 2. The normalized spacial score (nSPS) is 18.9.